The van der Waals surface area contributed by atoms with Crippen molar-refractivity contribution in [2.24, 2.45) is 0 Å². The van der Waals surface area contributed by atoms with E-state index in [9.17, 15) is 4.79 Å². The van der Waals surface area contributed by atoms with E-state index in [1.807, 2.05) is 20.2 Å². The van der Waals surface area contributed by atoms with E-state index in [0.717, 1.165) is 25.9 Å². The maximum absolute atomic E-state index is 11.6. The third-order valence-electron chi connectivity index (χ3n) is 2.83. The number of carbonyl (C=O) groups excluding carboxylic acids is 1. The standard InChI is InChI=1S/C15H24N2O/c1-13-6-4-7-14(12-13)8-9-15(18)16-10-5-11-17(2)3/h4,6-7,12H,5,8-11H2,1-3H3,(H,16,18). The molecule has 1 rings (SSSR count). The topological polar surface area (TPSA) is 32.3 Å². The molecule has 1 amide bonds. The van der Waals surface area contributed by atoms with Gasteiger partial charge in [-0.05, 0) is 46.0 Å². The monoisotopic (exact) mass is 248 g/mol. The maximum atomic E-state index is 11.6. The van der Waals surface area contributed by atoms with Gasteiger partial charge >= 0.3 is 0 Å². The molecule has 0 radical (unpaired) electrons. The van der Waals surface area contributed by atoms with Crippen LogP contribution in [0.15, 0.2) is 24.3 Å². The first-order valence-corrected chi connectivity index (χ1v) is 6.55. The van der Waals surface area contributed by atoms with Crippen LogP contribution in [0, 0.1) is 6.92 Å². The summed E-state index contributed by atoms with van der Waals surface area (Å²) in [5, 5.41) is 2.96. The minimum atomic E-state index is 0.148. The fourth-order valence-electron chi connectivity index (χ4n) is 1.84. The van der Waals surface area contributed by atoms with Gasteiger partial charge in [0.05, 0.1) is 0 Å². The first kappa shape index (κ1) is 14.7. The maximum Gasteiger partial charge on any atom is 0.220 e. The van der Waals surface area contributed by atoms with Crippen molar-refractivity contribution in [1.82, 2.24) is 10.2 Å². The molecule has 0 saturated carbocycles. The molecule has 3 heteroatoms. The Labute approximate surface area is 110 Å². The van der Waals surface area contributed by atoms with Crippen LogP contribution < -0.4 is 5.32 Å². The number of nitrogens with zero attached hydrogens (tertiary/aromatic N) is 1. The van der Waals surface area contributed by atoms with Crippen LogP contribution in [0.3, 0.4) is 0 Å². The number of carbonyl (C=O) groups is 1. The molecule has 0 aliphatic carbocycles. The molecule has 1 N–H and O–H groups in total. The Hall–Kier alpha value is -1.35. The van der Waals surface area contributed by atoms with E-state index < -0.39 is 0 Å². The molecule has 0 spiro atoms. The number of hydrogen-bond acceptors (Lipinski definition) is 2. The lowest BCUT2D eigenvalue weighted by Gasteiger charge is -2.10. The Kier molecular flexibility index (Phi) is 6.44. The Bertz CT molecular complexity index is 375. The average molecular weight is 248 g/mol. The molecule has 0 heterocycles. The quantitative estimate of drug-likeness (QED) is 0.749. The summed E-state index contributed by atoms with van der Waals surface area (Å²) in [5.74, 6) is 0.148. The third kappa shape index (κ3) is 6.40. The molecular weight excluding hydrogens is 224 g/mol. The highest BCUT2D eigenvalue weighted by Gasteiger charge is 2.02. The van der Waals surface area contributed by atoms with Crippen molar-refractivity contribution in [3.8, 4) is 0 Å². The molecule has 1 aromatic rings. The summed E-state index contributed by atoms with van der Waals surface area (Å²) in [6.45, 7) is 3.85. The van der Waals surface area contributed by atoms with Crippen LogP contribution in [0.5, 0.6) is 0 Å². The highest BCUT2D eigenvalue weighted by Crippen LogP contribution is 2.06. The van der Waals surface area contributed by atoms with Gasteiger partial charge in [-0.1, -0.05) is 29.8 Å². The number of nitrogens with one attached hydrogen (secondary N) is 1. The van der Waals surface area contributed by atoms with Gasteiger partial charge in [0.1, 0.15) is 0 Å². The van der Waals surface area contributed by atoms with Gasteiger partial charge in [-0.15, -0.1) is 0 Å². The molecular formula is C15H24N2O. The third-order valence-corrected chi connectivity index (χ3v) is 2.83. The van der Waals surface area contributed by atoms with E-state index in [1.165, 1.54) is 11.1 Å². The van der Waals surface area contributed by atoms with E-state index in [0.29, 0.717) is 6.42 Å². The predicted molar refractivity (Wildman–Crippen MR) is 75.7 cm³/mol. The molecule has 100 valence electrons. The van der Waals surface area contributed by atoms with Gasteiger partial charge in [-0.2, -0.15) is 0 Å². The smallest absolute Gasteiger partial charge is 0.220 e. The fraction of sp³-hybridized carbons (Fsp3) is 0.533. The molecule has 0 aromatic heterocycles. The van der Waals surface area contributed by atoms with Crippen LogP contribution in [0.25, 0.3) is 0 Å². The van der Waals surface area contributed by atoms with E-state index in [-0.39, 0.29) is 5.91 Å². The SMILES string of the molecule is Cc1cccc(CCC(=O)NCCCN(C)C)c1. The minimum Gasteiger partial charge on any atom is -0.356 e. The van der Waals surface area contributed by atoms with Crippen LogP contribution in [0.2, 0.25) is 0 Å². The van der Waals surface area contributed by atoms with Crippen molar-refractivity contribution < 1.29 is 4.79 Å². The van der Waals surface area contributed by atoms with Crippen molar-refractivity contribution in [3.63, 3.8) is 0 Å². The highest BCUT2D eigenvalue weighted by molar-refractivity contribution is 5.76. The van der Waals surface area contributed by atoms with E-state index in [1.54, 1.807) is 0 Å². The number of rotatable bonds is 7. The molecule has 0 saturated heterocycles. The summed E-state index contributed by atoms with van der Waals surface area (Å²) in [4.78, 5) is 13.7. The zero-order valence-corrected chi connectivity index (χ0v) is 11.7. The molecule has 1 aromatic carbocycles. The number of aryl methyl sites for hydroxylation is 2. The summed E-state index contributed by atoms with van der Waals surface area (Å²) >= 11 is 0. The lowest BCUT2D eigenvalue weighted by atomic mass is 10.1. The lowest BCUT2D eigenvalue weighted by molar-refractivity contribution is -0.121. The van der Waals surface area contributed by atoms with Gasteiger partial charge in [-0.3, -0.25) is 4.79 Å². The van der Waals surface area contributed by atoms with Crippen molar-refractivity contribution in [1.29, 1.82) is 0 Å². The second-order valence-electron chi connectivity index (χ2n) is 5.00. The van der Waals surface area contributed by atoms with E-state index in [4.69, 9.17) is 0 Å². The van der Waals surface area contributed by atoms with Crippen molar-refractivity contribution in [2.45, 2.75) is 26.2 Å². The van der Waals surface area contributed by atoms with Crippen LogP contribution >= 0.6 is 0 Å². The van der Waals surface area contributed by atoms with Crippen LogP contribution in [0.4, 0.5) is 0 Å². The first-order valence-electron chi connectivity index (χ1n) is 6.55. The molecule has 3 nitrogen and oxygen atoms in total. The largest absolute Gasteiger partial charge is 0.356 e. The number of amides is 1. The summed E-state index contributed by atoms with van der Waals surface area (Å²) in [6.07, 6.45) is 2.40. The summed E-state index contributed by atoms with van der Waals surface area (Å²) in [6, 6.07) is 8.33. The van der Waals surface area contributed by atoms with Gasteiger partial charge in [0.2, 0.25) is 5.91 Å². The summed E-state index contributed by atoms with van der Waals surface area (Å²) in [7, 11) is 4.08. The molecule has 0 bridgehead atoms. The van der Waals surface area contributed by atoms with Crippen LogP contribution in [0.1, 0.15) is 24.0 Å². The van der Waals surface area contributed by atoms with Gasteiger partial charge in [0.25, 0.3) is 0 Å². The molecule has 0 aliphatic heterocycles. The van der Waals surface area contributed by atoms with Crippen molar-refractivity contribution >= 4 is 5.91 Å². The average Bonchev–Trinajstić information content (AvgIpc) is 2.32. The molecule has 0 fully saturated rings. The number of hydrogen-bond donors (Lipinski definition) is 1. The summed E-state index contributed by atoms with van der Waals surface area (Å²) < 4.78 is 0. The van der Waals surface area contributed by atoms with Gasteiger partial charge in [0, 0.05) is 13.0 Å². The molecule has 18 heavy (non-hydrogen) atoms. The van der Waals surface area contributed by atoms with Crippen LogP contribution in [-0.2, 0) is 11.2 Å². The van der Waals surface area contributed by atoms with Crippen molar-refractivity contribution in [3.05, 3.63) is 35.4 Å². The summed E-state index contributed by atoms with van der Waals surface area (Å²) in [5.41, 5.74) is 2.48. The van der Waals surface area contributed by atoms with Gasteiger partial charge < -0.3 is 10.2 Å². The van der Waals surface area contributed by atoms with E-state index >= 15 is 0 Å². The second kappa shape index (κ2) is 7.88. The Morgan fingerprint density at radius 2 is 2.11 bits per heavy atom. The Morgan fingerprint density at radius 3 is 2.78 bits per heavy atom. The first-order chi connectivity index (χ1) is 8.58. The normalized spacial score (nSPS) is 10.7. The van der Waals surface area contributed by atoms with E-state index in [2.05, 4.69) is 35.3 Å². The fourth-order valence-corrected chi connectivity index (χ4v) is 1.84. The van der Waals surface area contributed by atoms with Gasteiger partial charge in [-0.25, -0.2) is 0 Å². The van der Waals surface area contributed by atoms with Gasteiger partial charge in [0.15, 0.2) is 0 Å². The zero-order valence-electron chi connectivity index (χ0n) is 11.7. The Balaban J connectivity index is 2.17. The zero-order chi connectivity index (χ0) is 13.4. The minimum absolute atomic E-state index is 0.148. The second-order valence-corrected chi connectivity index (χ2v) is 5.00. The molecule has 0 aliphatic rings. The Morgan fingerprint density at radius 1 is 1.33 bits per heavy atom. The molecule has 0 atom stereocenters. The highest BCUT2D eigenvalue weighted by atomic mass is 16.1. The number of benzene rings is 1. The molecule has 0 unspecified atom stereocenters. The predicted octanol–water partition coefficient (Wildman–Crippen LogP) is 2.00. The van der Waals surface area contributed by atoms with Crippen LogP contribution in [-0.4, -0.2) is 38.0 Å². The lowest BCUT2D eigenvalue weighted by Crippen LogP contribution is -2.27. The van der Waals surface area contributed by atoms with Crippen molar-refractivity contribution in [2.75, 3.05) is 27.2 Å².